The second-order valence-electron chi connectivity index (χ2n) is 5.19. The molecule has 0 unspecified atom stereocenters. The number of carbonyl (C=O) groups excluding carboxylic acids is 1. The van der Waals surface area contributed by atoms with Crippen molar-refractivity contribution >= 4 is 23.4 Å². The van der Waals surface area contributed by atoms with Gasteiger partial charge in [-0.25, -0.2) is 0 Å². The second-order valence-corrected chi connectivity index (χ2v) is 6.47. The summed E-state index contributed by atoms with van der Waals surface area (Å²) in [4.78, 5) is 12.1. The molecule has 1 amide bonds. The standard InChI is InChI=1S/C16H23NO3S/c1-19-12-8-9-14(15(10-12)20-2)17-16(18)11-21-13-6-4-3-5-7-13/h8-10,13H,3-7,11H2,1-2H3,(H,17,18). The SMILES string of the molecule is COc1ccc(NC(=O)CSC2CCCCC2)c(OC)c1. The summed E-state index contributed by atoms with van der Waals surface area (Å²) in [7, 11) is 3.19. The number of methoxy groups -OCH3 is 2. The van der Waals surface area contributed by atoms with Gasteiger partial charge in [0.15, 0.2) is 0 Å². The van der Waals surface area contributed by atoms with Crippen molar-refractivity contribution in [3.05, 3.63) is 18.2 Å². The number of nitrogens with one attached hydrogen (secondary N) is 1. The lowest BCUT2D eigenvalue weighted by Crippen LogP contribution is -2.18. The molecule has 0 aromatic heterocycles. The fraction of sp³-hybridized carbons (Fsp3) is 0.562. The number of carbonyl (C=O) groups is 1. The fourth-order valence-electron chi connectivity index (χ4n) is 2.51. The van der Waals surface area contributed by atoms with E-state index in [2.05, 4.69) is 5.32 Å². The molecule has 1 aromatic rings. The van der Waals surface area contributed by atoms with Gasteiger partial charge in [-0.2, -0.15) is 0 Å². The third-order valence-corrected chi connectivity index (χ3v) is 5.06. The second kappa shape index (κ2) is 8.17. The van der Waals surface area contributed by atoms with Crippen molar-refractivity contribution in [3.8, 4) is 11.5 Å². The Labute approximate surface area is 130 Å². The molecule has 1 aliphatic carbocycles. The molecule has 0 aliphatic heterocycles. The number of hydrogen-bond acceptors (Lipinski definition) is 4. The molecular weight excluding hydrogens is 286 g/mol. The monoisotopic (exact) mass is 309 g/mol. The van der Waals surface area contributed by atoms with Crippen LogP contribution in [0.15, 0.2) is 18.2 Å². The van der Waals surface area contributed by atoms with Gasteiger partial charge in [-0.15, -0.1) is 11.8 Å². The molecule has 1 fully saturated rings. The molecule has 0 spiro atoms. The molecule has 0 radical (unpaired) electrons. The van der Waals surface area contributed by atoms with Gasteiger partial charge in [0.25, 0.3) is 0 Å². The minimum absolute atomic E-state index is 0.0223. The maximum absolute atomic E-state index is 12.1. The molecule has 0 heterocycles. The van der Waals surface area contributed by atoms with Crippen LogP contribution in [0.3, 0.4) is 0 Å². The summed E-state index contributed by atoms with van der Waals surface area (Å²) in [5.74, 6) is 1.85. The first-order chi connectivity index (χ1) is 10.2. The summed E-state index contributed by atoms with van der Waals surface area (Å²) in [6.45, 7) is 0. The average molecular weight is 309 g/mol. The summed E-state index contributed by atoms with van der Waals surface area (Å²) in [5, 5.41) is 3.55. The normalized spacial score (nSPS) is 15.5. The van der Waals surface area contributed by atoms with E-state index in [-0.39, 0.29) is 5.91 Å². The summed E-state index contributed by atoms with van der Waals surface area (Å²) in [5.41, 5.74) is 0.688. The number of amides is 1. The quantitative estimate of drug-likeness (QED) is 0.870. The Kier molecular flexibility index (Phi) is 6.23. The van der Waals surface area contributed by atoms with E-state index in [0.717, 1.165) is 0 Å². The first-order valence-corrected chi connectivity index (χ1v) is 8.41. The van der Waals surface area contributed by atoms with Gasteiger partial charge >= 0.3 is 0 Å². The van der Waals surface area contributed by atoms with E-state index < -0.39 is 0 Å². The highest BCUT2D eigenvalue weighted by molar-refractivity contribution is 8.00. The number of hydrogen-bond donors (Lipinski definition) is 1. The van der Waals surface area contributed by atoms with Crippen molar-refractivity contribution in [2.75, 3.05) is 25.3 Å². The molecule has 0 atom stereocenters. The molecule has 1 N–H and O–H groups in total. The number of anilines is 1. The lowest BCUT2D eigenvalue weighted by atomic mass is 10.0. The lowest BCUT2D eigenvalue weighted by Gasteiger charge is -2.20. The Balaban J connectivity index is 1.86. The van der Waals surface area contributed by atoms with Crippen LogP contribution >= 0.6 is 11.8 Å². The molecular formula is C16H23NO3S. The van der Waals surface area contributed by atoms with Crippen LogP contribution in [-0.4, -0.2) is 31.1 Å². The van der Waals surface area contributed by atoms with Gasteiger partial charge in [0.1, 0.15) is 11.5 Å². The zero-order valence-corrected chi connectivity index (χ0v) is 13.5. The smallest absolute Gasteiger partial charge is 0.234 e. The van der Waals surface area contributed by atoms with E-state index in [1.807, 2.05) is 6.07 Å². The molecule has 1 aromatic carbocycles. The Morgan fingerprint density at radius 1 is 1.24 bits per heavy atom. The first-order valence-electron chi connectivity index (χ1n) is 7.36. The van der Waals surface area contributed by atoms with Gasteiger partial charge in [0.2, 0.25) is 5.91 Å². The molecule has 1 saturated carbocycles. The van der Waals surface area contributed by atoms with Gasteiger partial charge in [0, 0.05) is 11.3 Å². The van der Waals surface area contributed by atoms with Crippen molar-refractivity contribution in [1.82, 2.24) is 0 Å². The van der Waals surface area contributed by atoms with Crippen LogP contribution < -0.4 is 14.8 Å². The van der Waals surface area contributed by atoms with E-state index in [1.165, 1.54) is 32.1 Å². The van der Waals surface area contributed by atoms with Crippen molar-refractivity contribution in [1.29, 1.82) is 0 Å². The van der Waals surface area contributed by atoms with Crippen molar-refractivity contribution in [2.24, 2.45) is 0 Å². The van der Waals surface area contributed by atoms with Crippen LogP contribution in [-0.2, 0) is 4.79 Å². The molecule has 2 rings (SSSR count). The van der Waals surface area contributed by atoms with E-state index in [0.29, 0.717) is 28.2 Å². The average Bonchev–Trinajstić information content (AvgIpc) is 2.54. The maximum atomic E-state index is 12.1. The number of ether oxygens (including phenoxy) is 2. The van der Waals surface area contributed by atoms with E-state index in [4.69, 9.17) is 9.47 Å². The summed E-state index contributed by atoms with van der Waals surface area (Å²) >= 11 is 1.77. The predicted molar refractivity (Wildman–Crippen MR) is 87.5 cm³/mol. The Bertz CT molecular complexity index is 473. The number of benzene rings is 1. The highest BCUT2D eigenvalue weighted by atomic mass is 32.2. The van der Waals surface area contributed by atoms with Crippen LogP contribution in [0.1, 0.15) is 32.1 Å². The Morgan fingerprint density at radius 2 is 2.00 bits per heavy atom. The maximum Gasteiger partial charge on any atom is 0.234 e. The Morgan fingerprint density at radius 3 is 2.67 bits per heavy atom. The predicted octanol–water partition coefficient (Wildman–Crippen LogP) is 3.71. The molecule has 4 nitrogen and oxygen atoms in total. The van der Waals surface area contributed by atoms with Gasteiger partial charge in [-0.1, -0.05) is 19.3 Å². The van der Waals surface area contributed by atoms with E-state index in [9.17, 15) is 4.79 Å². The summed E-state index contributed by atoms with van der Waals surface area (Å²) in [6.07, 6.45) is 6.41. The highest BCUT2D eigenvalue weighted by Crippen LogP contribution is 2.30. The summed E-state index contributed by atoms with van der Waals surface area (Å²) < 4.78 is 10.4. The van der Waals surface area contributed by atoms with Crippen LogP contribution in [0.2, 0.25) is 0 Å². The Hall–Kier alpha value is -1.36. The van der Waals surface area contributed by atoms with E-state index in [1.54, 1.807) is 38.1 Å². The zero-order valence-electron chi connectivity index (χ0n) is 12.7. The number of thioether (sulfide) groups is 1. The topological polar surface area (TPSA) is 47.6 Å². The highest BCUT2D eigenvalue weighted by Gasteiger charge is 2.16. The molecule has 116 valence electrons. The van der Waals surface area contributed by atoms with Crippen LogP contribution in [0.5, 0.6) is 11.5 Å². The van der Waals surface area contributed by atoms with Gasteiger partial charge in [-0.05, 0) is 25.0 Å². The molecule has 0 bridgehead atoms. The van der Waals surface area contributed by atoms with Crippen molar-refractivity contribution < 1.29 is 14.3 Å². The fourth-order valence-corrected chi connectivity index (χ4v) is 3.64. The third kappa shape index (κ3) is 4.84. The molecule has 21 heavy (non-hydrogen) atoms. The summed E-state index contributed by atoms with van der Waals surface area (Å²) in [6, 6.07) is 5.39. The van der Waals surface area contributed by atoms with Gasteiger partial charge in [-0.3, -0.25) is 4.79 Å². The zero-order chi connectivity index (χ0) is 15.1. The third-order valence-electron chi connectivity index (χ3n) is 3.69. The van der Waals surface area contributed by atoms with Crippen LogP contribution in [0.25, 0.3) is 0 Å². The van der Waals surface area contributed by atoms with Gasteiger partial charge in [0.05, 0.1) is 25.7 Å². The van der Waals surface area contributed by atoms with Crippen LogP contribution in [0, 0.1) is 0 Å². The number of rotatable bonds is 6. The van der Waals surface area contributed by atoms with Crippen molar-refractivity contribution in [3.63, 3.8) is 0 Å². The molecule has 1 aliphatic rings. The first kappa shape index (κ1) is 16.0. The molecule has 5 heteroatoms. The minimum atomic E-state index is 0.0223. The van der Waals surface area contributed by atoms with Crippen LogP contribution in [0.4, 0.5) is 5.69 Å². The van der Waals surface area contributed by atoms with Gasteiger partial charge < -0.3 is 14.8 Å². The largest absolute Gasteiger partial charge is 0.497 e. The van der Waals surface area contributed by atoms with E-state index >= 15 is 0 Å². The molecule has 0 saturated heterocycles. The minimum Gasteiger partial charge on any atom is -0.497 e. The van der Waals surface area contributed by atoms with Crippen molar-refractivity contribution in [2.45, 2.75) is 37.4 Å². The lowest BCUT2D eigenvalue weighted by molar-refractivity contribution is -0.113.